The number of rotatable bonds is 6. The van der Waals surface area contributed by atoms with Gasteiger partial charge in [0.25, 0.3) is 0 Å². The molecule has 0 aliphatic carbocycles. The van der Waals surface area contributed by atoms with Crippen LogP contribution in [0.15, 0.2) is 24.3 Å². The van der Waals surface area contributed by atoms with Crippen LogP contribution in [0.3, 0.4) is 0 Å². The zero-order valence-corrected chi connectivity index (χ0v) is 11.4. The van der Waals surface area contributed by atoms with E-state index in [1.54, 1.807) is 25.3 Å². The summed E-state index contributed by atoms with van der Waals surface area (Å²) in [6.07, 6.45) is 0.0373. The second-order valence-corrected chi connectivity index (χ2v) is 5.00. The number of carbonyl (C=O) groups is 2. The van der Waals surface area contributed by atoms with E-state index in [0.717, 1.165) is 0 Å². The zero-order chi connectivity index (χ0) is 14.5. The number of nitrogens with one attached hydrogen (secondary N) is 1. The summed E-state index contributed by atoms with van der Waals surface area (Å²) in [6.45, 7) is 4.08. The first-order chi connectivity index (χ1) is 8.85. The van der Waals surface area contributed by atoms with Gasteiger partial charge in [0.1, 0.15) is 0 Å². The number of carboxylic acid groups (broad SMARTS) is 1. The highest BCUT2D eigenvalue weighted by molar-refractivity contribution is 5.91. The quantitative estimate of drug-likeness (QED) is 0.816. The molecule has 0 atom stereocenters. The zero-order valence-electron chi connectivity index (χ0n) is 11.4. The number of amides is 1. The van der Waals surface area contributed by atoms with Gasteiger partial charge in [-0.2, -0.15) is 0 Å². The van der Waals surface area contributed by atoms with Crippen molar-refractivity contribution in [1.82, 2.24) is 5.32 Å². The summed E-state index contributed by atoms with van der Waals surface area (Å²) in [5.74, 6) is -1.25. The van der Waals surface area contributed by atoms with E-state index < -0.39 is 11.5 Å². The molecule has 0 radical (unpaired) electrons. The average molecular weight is 265 g/mol. The molecule has 1 amide bonds. The van der Waals surface area contributed by atoms with E-state index in [4.69, 9.17) is 9.84 Å². The molecule has 0 unspecified atom stereocenters. The largest absolute Gasteiger partial charge is 0.478 e. The van der Waals surface area contributed by atoms with E-state index in [-0.39, 0.29) is 17.9 Å². The van der Waals surface area contributed by atoms with Gasteiger partial charge >= 0.3 is 5.97 Å². The van der Waals surface area contributed by atoms with E-state index in [1.165, 1.54) is 6.07 Å². The Bertz CT molecular complexity index is 468. The Labute approximate surface area is 112 Å². The normalized spacial score (nSPS) is 11.1. The smallest absolute Gasteiger partial charge is 0.335 e. The minimum Gasteiger partial charge on any atom is -0.478 e. The minimum absolute atomic E-state index is 0.0373. The number of carboxylic acids is 1. The third kappa shape index (κ3) is 4.71. The summed E-state index contributed by atoms with van der Waals surface area (Å²) in [6, 6.07) is 6.49. The van der Waals surface area contributed by atoms with Crippen molar-refractivity contribution in [2.45, 2.75) is 25.8 Å². The Balaban J connectivity index is 2.75. The van der Waals surface area contributed by atoms with E-state index in [1.807, 2.05) is 13.8 Å². The summed E-state index contributed by atoms with van der Waals surface area (Å²) < 4.78 is 5.01. The van der Waals surface area contributed by atoms with Crippen molar-refractivity contribution in [3.05, 3.63) is 35.4 Å². The molecule has 1 aromatic rings. The van der Waals surface area contributed by atoms with Crippen LogP contribution >= 0.6 is 0 Å². The summed E-state index contributed by atoms with van der Waals surface area (Å²) in [4.78, 5) is 23.0. The lowest BCUT2D eigenvalue weighted by Crippen LogP contribution is -2.47. The molecule has 104 valence electrons. The van der Waals surface area contributed by atoms with Gasteiger partial charge in [0.2, 0.25) is 5.91 Å². The molecular formula is C14H19NO4. The van der Waals surface area contributed by atoms with Crippen molar-refractivity contribution >= 4 is 11.9 Å². The summed E-state index contributed by atoms with van der Waals surface area (Å²) >= 11 is 0. The molecule has 2 N–H and O–H groups in total. The van der Waals surface area contributed by atoms with E-state index >= 15 is 0 Å². The number of ether oxygens (including phenoxy) is 1. The van der Waals surface area contributed by atoms with Crippen molar-refractivity contribution in [3.8, 4) is 0 Å². The van der Waals surface area contributed by atoms with Gasteiger partial charge in [-0.15, -0.1) is 0 Å². The molecular weight excluding hydrogens is 246 g/mol. The Morgan fingerprint density at radius 2 is 1.95 bits per heavy atom. The highest BCUT2D eigenvalue weighted by Gasteiger charge is 2.21. The van der Waals surface area contributed by atoms with Crippen LogP contribution in [-0.2, 0) is 16.0 Å². The molecule has 0 aliphatic heterocycles. The number of aromatic carboxylic acids is 1. The predicted molar refractivity (Wildman–Crippen MR) is 71.2 cm³/mol. The maximum Gasteiger partial charge on any atom is 0.335 e. The molecule has 0 fully saturated rings. The van der Waals surface area contributed by atoms with Crippen LogP contribution in [0.5, 0.6) is 0 Å². The Morgan fingerprint density at radius 1 is 1.32 bits per heavy atom. The van der Waals surface area contributed by atoms with Crippen molar-refractivity contribution in [1.29, 1.82) is 0 Å². The highest BCUT2D eigenvalue weighted by atomic mass is 16.5. The monoisotopic (exact) mass is 265 g/mol. The molecule has 0 bridgehead atoms. The lowest BCUT2D eigenvalue weighted by Gasteiger charge is -2.25. The lowest BCUT2D eigenvalue weighted by atomic mass is 10.0. The fourth-order valence-electron chi connectivity index (χ4n) is 1.87. The van der Waals surface area contributed by atoms with Gasteiger partial charge in [-0.1, -0.05) is 18.2 Å². The first-order valence-electron chi connectivity index (χ1n) is 5.97. The third-order valence-electron chi connectivity index (χ3n) is 2.58. The van der Waals surface area contributed by atoms with Gasteiger partial charge in [-0.05, 0) is 25.5 Å². The first kappa shape index (κ1) is 15.2. The van der Waals surface area contributed by atoms with Crippen LogP contribution in [0.4, 0.5) is 0 Å². The predicted octanol–water partition coefficient (Wildman–Crippen LogP) is 1.47. The standard InChI is InChI=1S/C14H19NO4/c1-14(2,9-19-3)15-12(16)8-10-6-4-5-7-11(10)13(17)18/h4-7H,8-9H2,1-3H3,(H,15,16)(H,17,18). The number of methoxy groups -OCH3 is 1. The van der Waals surface area contributed by atoms with Gasteiger partial charge in [-0.3, -0.25) is 4.79 Å². The molecule has 0 spiro atoms. The van der Waals surface area contributed by atoms with E-state index in [9.17, 15) is 9.59 Å². The summed E-state index contributed by atoms with van der Waals surface area (Å²) in [5, 5.41) is 11.9. The first-order valence-corrected chi connectivity index (χ1v) is 5.97. The second-order valence-electron chi connectivity index (χ2n) is 5.00. The van der Waals surface area contributed by atoms with Crippen molar-refractivity contribution < 1.29 is 19.4 Å². The van der Waals surface area contributed by atoms with Gasteiger partial charge in [-0.25, -0.2) is 4.79 Å². The molecule has 0 heterocycles. The molecule has 5 nitrogen and oxygen atoms in total. The van der Waals surface area contributed by atoms with Crippen LogP contribution in [0.25, 0.3) is 0 Å². The topological polar surface area (TPSA) is 75.6 Å². The molecule has 0 aromatic heterocycles. The second kappa shape index (κ2) is 6.33. The van der Waals surface area contributed by atoms with Crippen LogP contribution in [0.2, 0.25) is 0 Å². The van der Waals surface area contributed by atoms with Crippen molar-refractivity contribution in [2.75, 3.05) is 13.7 Å². The van der Waals surface area contributed by atoms with Crippen LogP contribution in [0, 0.1) is 0 Å². The van der Waals surface area contributed by atoms with Crippen LogP contribution in [-0.4, -0.2) is 36.2 Å². The molecule has 1 rings (SSSR count). The molecule has 5 heteroatoms. The average Bonchev–Trinajstić information content (AvgIpc) is 2.28. The van der Waals surface area contributed by atoms with Crippen molar-refractivity contribution in [2.24, 2.45) is 0 Å². The summed E-state index contributed by atoms with van der Waals surface area (Å²) in [7, 11) is 1.56. The Morgan fingerprint density at radius 3 is 2.53 bits per heavy atom. The summed E-state index contributed by atoms with van der Waals surface area (Å²) in [5.41, 5.74) is 0.173. The molecule has 19 heavy (non-hydrogen) atoms. The van der Waals surface area contributed by atoms with Gasteiger partial charge in [0.15, 0.2) is 0 Å². The molecule has 1 aromatic carbocycles. The fourth-order valence-corrected chi connectivity index (χ4v) is 1.87. The van der Waals surface area contributed by atoms with Crippen molar-refractivity contribution in [3.63, 3.8) is 0 Å². The Kier molecular flexibility index (Phi) is 5.06. The number of hydrogen-bond acceptors (Lipinski definition) is 3. The minimum atomic E-state index is -1.03. The molecule has 0 saturated carbocycles. The third-order valence-corrected chi connectivity index (χ3v) is 2.58. The van der Waals surface area contributed by atoms with Crippen LogP contribution in [0.1, 0.15) is 29.8 Å². The van der Waals surface area contributed by atoms with Crippen LogP contribution < -0.4 is 5.32 Å². The maximum atomic E-state index is 11.9. The lowest BCUT2D eigenvalue weighted by molar-refractivity contribution is -0.122. The van der Waals surface area contributed by atoms with Gasteiger partial charge < -0.3 is 15.2 Å². The SMILES string of the molecule is COCC(C)(C)NC(=O)Cc1ccccc1C(=O)O. The van der Waals surface area contributed by atoms with E-state index in [2.05, 4.69) is 5.32 Å². The number of carbonyl (C=O) groups excluding carboxylic acids is 1. The van der Waals surface area contributed by atoms with Gasteiger partial charge in [0.05, 0.1) is 24.1 Å². The fraction of sp³-hybridized carbons (Fsp3) is 0.429. The number of hydrogen-bond donors (Lipinski definition) is 2. The molecule has 0 saturated heterocycles. The number of benzene rings is 1. The molecule has 0 aliphatic rings. The highest BCUT2D eigenvalue weighted by Crippen LogP contribution is 2.10. The maximum absolute atomic E-state index is 11.9. The Hall–Kier alpha value is -1.88. The van der Waals surface area contributed by atoms with E-state index in [0.29, 0.717) is 12.2 Å². The van der Waals surface area contributed by atoms with Gasteiger partial charge in [0, 0.05) is 7.11 Å².